The van der Waals surface area contributed by atoms with E-state index in [-0.39, 0.29) is 0 Å². The van der Waals surface area contributed by atoms with Gasteiger partial charge >= 0.3 is 5.97 Å². The first kappa shape index (κ1) is 9.68. The fourth-order valence-corrected chi connectivity index (χ4v) is 3.01. The molecule has 14 heavy (non-hydrogen) atoms. The summed E-state index contributed by atoms with van der Waals surface area (Å²) in [6.07, 6.45) is 3.07. The summed E-state index contributed by atoms with van der Waals surface area (Å²) in [6, 6.07) is 1.85. The normalized spacial score (nSPS) is 17.5. The first-order chi connectivity index (χ1) is 6.68. The number of fused-ring (bicyclic) bond motifs is 1. The molecule has 0 fully saturated rings. The van der Waals surface area contributed by atoms with E-state index in [1.165, 1.54) is 34.6 Å². The maximum Gasteiger partial charge on any atom is 0.338 e. The zero-order chi connectivity index (χ0) is 10.1. The van der Waals surface area contributed by atoms with Gasteiger partial charge in [0, 0.05) is 9.75 Å². The third-order valence-electron chi connectivity index (χ3n) is 2.52. The van der Waals surface area contributed by atoms with Crippen molar-refractivity contribution in [2.75, 3.05) is 0 Å². The van der Waals surface area contributed by atoms with Crippen LogP contribution < -0.4 is 0 Å². The van der Waals surface area contributed by atoms with Gasteiger partial charge in [0.05, 0.1) is 0 Å². The Kier molecular flexibility index (Phi) is 2.56. The summed E-state index contributed by atoms with van der Waals surface area (Å²) in [5.74, 6) is -1.16. The van der Waals surface area contributed by atoms with Crippen molar-refractivity contribution in [1.82, 2.24) is 0 Å². The van der Waals surface area contributed by atoms with E-state index in [1.807, 2.05) is 6.07 Å². The van der Waals surface area contributed by atoms with Gasteiger partial charge in [-0.15, -0.1) is 11.3 Å². The predicted octanol–water partition coefficient (Wildman–Crippen LogP) is 1.74. The van der Waals surface area contributed by atoms with E-state index >= 15 is 0 Å². The largest absolute Gasteiger partial charge is 0.479 e. The number of carboxylic acid groups (broad SMARTS) is 1. The molecule has 0 spiro atoms. The fraction of sp³-hybridized carbons (Fsp3) is 0.500. The van der Waals surface area contributed by atoms with Crippen LogP contribution in [0.5, 0.6) is 0 Å². The molecule has 0 saturated carbocycles. The average molecular weight is 212 g/mol. The second-order valence-corrected chi connectivity index (χ2v) is 4.71. The number of carbonyl (C=O) groups is 1. The summed E-state index contributed by atoms with van der Waals surface area (Å²) in [5.41, 5.74) is 1.23. The smallest absolute Gasteiger partial charge is 0.338 e. The molecule has 0 radical (unpaired) electrons. The maximum atomic E-state index is 10.6. The topological polar surface area (TPSA) is 57.5 Å². The molecule has 2 N–H and O–H groups in total. The molecule has 0 saturated heterocycles. The highest BCUT2D eigenvalue weighted by Gasteiger charge is 2.21. The monoisotopic (exact) mass is 212 g/mol. The Bertz CT molecular complexity index is 333. The highest BCUT2D eigenvalue weighted by Crippen LogP contribution is 2.32. The van der Waals surface area contributed by atoms with Crippen molar-refractivity contribution in [3.63, 3.8) is 0 Å². The average Bonchev–Trinajstić information content (AvgIpc) is 2.59. The van der Waals surface area contributed by atoms with E-state index in [0.717, 1.165) is 12.8 Å². The van der Waals surface area contributed by atoms with Gasteiger partial charge in [-0.3, -0.25) is 0 Å². The molecule has 0 amide bonds. The second-order valence-electron chi connectivity index (χ2n) is 3.55. The summed E-state index contributed by atoms with van der Waals surface area (Å²) < 4.78 is 0. The molecular weight excluding hydrogens is 200 g/mol. The molecular formula is C10H12O3S. The van der Waals surface area contributed by atoms with Crippen molar-refractivity contribution >= 4 is 17.3 Å². The van der Waals surface area contributed by atoms with Gasteiger partial charge in [-0.25, -0.2) is 4.79 Å². The van der Waals surface area contributed by atoms with Crippen LogP contribution in [0.4, 0.5) is 0 Å². The molecule has 4 heteroatoms. The second kappa shape index (κ2) is 3.71. The van der Waals surface area contributed by atoms with Crippen LogP contribution in [0.1, 0.15) is 34.3 Å². The number of rotatable bonds is 2. The van der Waals surface area contributed by atoms with Gasteiger partial charge < -0.3 is 10.2 Å². The molecule has 0 aromatic carbocycles. The lowest BCUT2D eigenvalue weighted by atomic mass is 9.99. The van der Waals surface area contributed by atoms with Gasteiger partial charge in [0.1, 0.15) is 0 Å². The van der Waals surface area contributed by atoms with E-state index in [9.17, 15) is 9.90 Å². The lowest BCUT2D eigenvalue weighted by Gasteiger charge is -2.08. The minimum atomic E-state index is -1.34. The maximum absolute atomic E-state index is 10.6. The predicted molar refractivity (Wildman–Crippen MR) is 53.6 cm³/mol. The number of hydrogen-bond donors (Lipinski definition) is 2. The molecule has 0 bridgehead atoms. The quantitative estimate of drug-likeness (QED) is 0.785. The number of aliphatic hydroxyl groups excluding tert-OH is 1. The molecule has 3 nitrogen and oxygen atoms in total. The van der Waals surface area contributed by atoms with Gasteiger partial charge in [0.15, 0.2) is 6.10 Å². The summed E-state index contributed by atoms with van der Waals surface area (Å²) in [4.78, 5) is 12.4. The summed E-state index contributed by atoms with van der Waals surface area (Å²) in [6.45, 7) is 0. The molecule has 1 aliphatic carbocycles. The highest BCUT2D eigenvalue weighted by atomic mass is 32.1. The number of hydrogen-bond acceptors (Lipinski definition) is 3. The minimum Gasteiger partial charge on any atom is -0.479 e. The molecule has 1 aromatic heterocycles. The summed E-state index contributed by atoms with van der Waals surface area (Å²) in [7, 11) is 0. The third-order valence-corrected chi connectivity index (χ3v) is 3.81. The van der Waals surface area contributed by atoms with Crippen LogP contribution in [0.3, 0.4) is 0 Å². The first-order valence-electron chi connectivity index (χ1n) is 4.71. The molecule has 1 aliphatic rings. The summed E-state index contributed by atoms with van der Waals surface area (Å²) in [5, 5.41) is 18.0. The van der Waals surface area contributed by atoms with E-state index in [1.54, 1.807) is 0 Å². The molecule has 2 rings (SSSR count). The zero-order valence-corrected chi connectivity index (χ0v) is 8.51. The zero-order valence-electron chi connectivity index (χ0n) is 7.69. The van der Waals surface area contributed by atoms with Crippen LogP contribution in [0.2, 0.25) is 0 Å². The van der Waals surface area contributed by atoms with Crippen molar-refractivity contribution in [3.8, 4) is 0 Å². The SMILES string of the molecule is O=C(O)C(O)c1cc2c(s1)CCCC2. The van der Waals surface area contributed by atoms with Crippen molar-refractivity contribution in [1.29, 1.82) is 0 Å². The van der Waals surface area contributed by atoms with Crippen LogP contribution in [-0.2, 0) is 17.6 Å². The molecule has 76 valence electrons. The van der Waals surface area contributed by atoms with Crippen LogP contribution in [0.25, 0.3) is 0 Å². The van der Waals surface area contributed by atoms with Gasteiger partial charge in [-0.1, -0.05) is 0 Å². The number of aryl methyl sites for hydroxylation is 2. The Balaban J connectivity index is 2.28. The fourth-order valence-electron chi connectivity index (χ4n) is 1.77. The van der Waals surface area contributed by atoms with Crippen molar-refractivity contribution < 1.29 is 15.0 Å². The highest BCUT2D eigenvalue weighted by molar-refractivity contribution is 7.12. The Labute approximate surface area is 86.0 Å². The number of thiophene rings is 1. The molecule has 0 aliphatic heterocycles. The van der Waals surface area contributed by atoms with Crippen LogP contribution in [0.15, 0.2) is 6.07 Å². The lowest BCUT2D eigenvalue weighted by molar-refractivity contribution is -0.146. The third kappa shape index (κ3) is 1.67. The molecule has 1 aromatic rings. The van der Waals surface area contributed by atoms with Gasteiger partial charge in [0.25, 0.3) is 0 Å². The van der Waals surface area contributed by atoms with Gasteiger partial charge in [-0.05, 0) is 37.3 Å². The number of aliphatic hydroxyl groups is 1. The Morgan fingerprint density at radius 3 is 2.79 bits per heavy atom. The first-order valence-corrected chi connectivity index (χ1v) is 5.52. The molecule has 1 atom stereocenters. The number of carboxylic acids is 1. The Morgan fingerprint density at radius 1 is 1.43 bits per heavy atom. The molecule has 1 heterocycles. The summed E-state index contributed by atoms with van der Waals surface area (Å²) >= 11 is 1.44. The minimum absolute atomic E-state index is 0.574. The van der Waals surface area contributed by atoms with Crippen LogP contribution >= 0.6 is 11.3 Å². The van der Waals surface area contributed by atoms with E-state index < -0.39 is 12.1 Å². The standard InChI is InChI=1S/C10H12O3S/c11-9(10(12)13)8-5-6-3-1-2-4-7(6)14-8/h5,9,11H,1-4H2,(H,12,13). The van der Waals surface area contributed by atoms with E-state index in [2.05, 4.69) is 0 Å². The van der Waals surface area contributed by atoms with Crippen LogP contribution in [-0.4, -0.2) is 16.2 Å². The van der Waals surface area contributed by atoms with Crippen LogP contribution in [0, 0.1) is 0 Å². The van der Waals surface area contributed by atoms with Gasteiger partial charge in [0.2, 0.25) is 0 Å². The Hall–Kier alpha value is -0.870. The van der Waals surface area contributed by atoms with Crippen molar-refractivity contribution in [2.45, 2.75) is 31.8 Å². The molecule has 1 unspecified atom stereocenters. The van der Waals surface area contributed by atoms with E-state index in [0.29, 0.717) is 4.88 Å². The van der Waals surface area contributed by atoms with Crippen molar-refractivity contribution in [3.05, 3.63) is 21.4 Å². The van der Waals surface area contributed by atoms with E-state index in [4.69, 9.17) is 5.11 Å². The van der Waals surface area contributed by atoms with Gasteiger partial charge in [-0.2, -0.15) is 0 Å². The lowest BCUT2D eigenvalue weighted by Crippen LogP contribution is -2.08. The van der Waals surface area contributed by atoms with Crippen molar-refractivity contribution in [2.24, 2.45) is 0 Å². The number of aliphatic carboxylic acids is 1. The Morgan fingerprint density at radius 2 is 2.14 bits per heavy atom.